The number of hydrogen-bond donors (Lipinski definition) is 1. The molecular weight excluding hydrogens is 254 g/mol. The van der Waals surface area contributed by atoms with Crippen LogP contribution in [-0.4, -0.2) is 6.54 Å². The highest BCUT2D eigenvalue weighted by Crippen LogP contribution is 2.22. The predicted molar refractivity (Wildman–Crippen MR) is 97.6 cm³/mol. The smallest absolute Gasteiger partial charge is 0.00747 e. The van der Waals surface area contributed by atoms with Crippen LogP contribution in [0.25, 0.3) is 0 Å². The Labute approximate surface area is 135 Å². The van der Waals surface area contributed by atoms with Crippen molar-refractivity contribution in [2.45, 2.75) is 98.8 Å². The highest BCUT2D eigenvalue weighted by Gasteiger charge is 2.07. The standard InChI is InChI=1S/C20H43N/c1-17(2)9-6-10-18(3)11-7-12-19(4)13-8-14-20(5)15-16-21/h17-20H,6-16,21H2,1-5H3. The second-order valence-electron chi connectivity index (χ2n) is 8.08. The maximum absolute atomic E-state index is 5.61. The van der Waals surface area contributed by atoms with Gasteiger partial charge in [0.25, 0.3) is 0 Å². The van der Waals surface area contributed by atoms with Gasteiger partial charge in [0.15, 0.2) is 0 Å². The topological polar surface area (TPSA) is 26.0 Å². The zero-order valence-corrected chi connectivity index (χ0v) is 15.7. The Morgan fingerprint density at radius 3 is 1.19 bits per heavy atom. The van der Waals surface area contributed by atoms with E-state index in [0.29, 0.717) is 0 Å². The summed E-state index contributed by atoms with van der Waals surface area (Å²) in [5.41, 5.74) is 5.61. The van der Waals surface area contributed by atoms with Gasteiger partial charge in [0.1, 0.15) is 0 Å². The highest BCUT2D eigenvalue weighted by atomic mass is 14.5. The van der Waals surface area contributed by atoms with E-state index in [0.717, 1.165) is 30.2 Å². The van der Waals surface area contributed by atoms with Crippen LogP contribution in [0.5, 0.6) is 0 Å². The van der Waals surface area contributed by atoms with Crippen molar-refractivity contribution in [2.24, 2.45) is 29.4 Å². The third-order valence-electron chi connectivity index (χ3n) is 4.93. The fourth-order valence-electron chi connectivity index (χ4n) is 3.22. The van der Waals surface area contributed by atoms with E-state index in [4.69, 9.17) is 5.73 Å². The average Bonchev–Trinajstić information content (AvgIpc) is 2.38. The van der Waals surface area contributed by atoms with Gasteiger partial charge in [0.2, 0.25) is 0 Å². The first-order valence-corrected chi connectivity index (χ1v) is 9.65. The molecule has 0 fully saturated rings. The van der Waals surface area contributed by atoms with Crippen LogP contribution < -0.4 is 5.73 Å². The van der Waals surface area contributed by atoms with Crippen LogP contribution >= 0.6 is 0 Å². The van der Waals surface area contributed by atoms with Crippen LogP contribution in [0.4, 0.5) is 0 Å². The van der Waals surface area contributed by atoms with E-state index in [1.165, 1.54) is 64.2 Å². The molecule has 0 saturated carbocycles. The molecule has 0 rings (SSSR count). The predicted octanol–water partition coefficient (Wildman–Crippen LogP) is 6.41. The Hall–Kier alpha value is -0.0400. The van der Waals surface area contributed by atoms with Crippen LogP contribution in [0.15, 0.2) is 0 Å². The number of hydrogen-bond acceptors (Lipinski definition) is 1. The third-order valence-corrected chi connectivity index (χ3v) is 4.93. The minimum Gasteiger partial charge on any atom is -0.330 e. The third kappa shape index (κ3) is 14.7. The van der Waals surface area contributed by atoms with Gasteiger partial charge in [-0.25, -0.2) is 0 Å². The Morgan fingerprint density at radius 2 is 0.857 bits per heavy atom. The molecule has 0 spiro atoms. The van der Waals surface area contributed by atoms with Gasteiger partial charge in [-0.15, -0.1) is 0 Å². The molecule has 0 aliphatic heterocycles. The van der Waals surface area contributed by atoms with Crippen molar-refractivity contribution in [3.8, 4) is 0 Å². The lowest BCUT2D eigenvalue weighted by Crippen LogP contribution is -2.06. The zero-order valence-electron chi connectivity index (χ0n) is 15.7. The summed E-state index contributed by atoms with van der Waals surface area (Å²) < 4.78 is 0. The molecule has 0 heterocycles. The Morgan fingerprint density at radius 1 is 0.524 bits per heavy atom. The molecule has 0 aliphatic rings. The fourth-order valence-corrected chi connectivity index (χ4v) is 3.22. The molecule has 0 bridgehead atoms. The molecule has 0 radical (unpaired) electrons. The van der Waals surface area contributed by atoms with Gasteiger partial charge in [0, 0.05) is 0 Å². The summed E-state index contributed by atoms with van der Waals surface area (Å²) in [7, 11) is 0. The van der Waals surface area contributed by atoms with Gasteiger partial charge >= 0.3 is 0 Å². The summed E-state index contributed by atoms with van der Waals surface area (Å²) in [5.74, 6) is 3.54. The minimum atomic E-state index is 0.822. The Balaban J connectivity index is 3.45. The minimum absolute atomic E-state index is 0.822. The maximum Gasteiger partial charge on any atom is -0.00747 e. The zero-order chi connectivity index (χ0) is 16.1. The molecule has 0 aromatic carbocycles. The lowest BCUT2D eigenvalue weighted by Gasteiger charge is -2.16. The molecule has 128 valence electrons. The quantitative estimate of drug-likeness (QED) is 0.394. The monoisotopic (exact) mass is 297 g/mol. The molecule has 0 saturated heterocycles. The van der Waals surface area contributed by atoms with E-state index < -0.39 is 0 Å². The number of nitrogens with two attached hydrogens (primary N) is 1. The maximum atomic E-state index is 5.61. The van der Waals surface area contributed by atoms with Crippen LogP contribution in [0.3, 0.4) is 0 Å². The lowest BCUT2D eigenvalue weighted by molar-refractivity contribution is 0.375. The van der Waals surface area contributed by atoms with Crippen molar-refractivity contribution in [2.75, 3.05) is 6.54 Å². The highest BCUT2D eigenvalue weighted by molar-refractivity contribution is 4.61. The van der Waals surface area contributed by atoms with Gasteiger partial charge in [-0.05, 0) is 36.6 Å². The molecule has 0 aromatic rings. The largest absolute Gasteiger partial charge is 0.330 e. The van der Waals surface area contributed by atoms with Crippen LogP contribution in [0.1, 0.15) is 98.8 Å². The molecule has 3 atom stereocenters. The molecule has 3 unspecified atom stereocenters. The molecular formula is C20H43N. The summed E-state index contributed by atoms with van der Waals surface area (Å²) >= 11 is 0. The summed E-state index contributed by atoms with van der Waals surface area (Å²) in [6, 6.07) is 0. The summed E-state index contributed by atoms with van der Waals surface area (Å²) in [6.45, 7) is 12.7. The molecule has 0 aromatic heterocycles. The molecule has 0 amide bonds. The van der Waals surface area contributed by atoms with E-state index >= 15 is 0 Å². The first-order valence-electron chi connectivity index (χ1n) is 9.65. The van der Waals surface area contributed by atoms with Gasteiger partial charge in [0.05, 0.1) is 0 Å². The van der Waals surface area contributed by atoms with Crippen LogP contribution in [-0.2, 0) is 0 Å². The van der Waals surface area contributed by atoms with Gasteiger partial charge in [-0.2, -0.15) is 0 Å². The van der Waals surface area contributed by atoms with E-state index in [1.807, 2.05) is 0 Å². The molecule has 2 N–H and O–H groups in total. The van der Waals surface area contributed by atoms with Gasteiger partial charge < -0.3 is 5.73 Å². The van der Waals surface area contributed by atoms with Crippen molar-refractivity contribution in [1.29, 1.82) is 0 Å². The molecule has 1 heteroatoms. The Bertz CT molecular complexity index is 212. The van der Waals surface area contributed by atoms with Crippen molar-refractivity contribution >= 4 is 0 Å². The molecule has 21 heavy (non-hydrogen) atoms. The molecule has 0 aliphatic carbocycles. The first kappa shape index (κ1) is 21.0. The first-order chi connectivity index (χ1) is 9.95. The second kappa shape index (κ2) is 13.6. The van der Waals surface area contributed by atoms with Crippen molar-refractivity contribution in [3.63, 3.8) is 0 Å². The van der Waals surface area contributed by atoms with Crippen molar-refractivity contribution in [1.82, 2.24) is 0 Å². The van der Waals surface area contributed by atoms with Gasteiger partial charge in [-0.1, -0.05) is 92.4 Å². The Kier molecular flexibility index (Phi) is 13.6. The van der Waals surface area contributed by atoms with E-state index in [9.17, 15) is 0 Å². The van der Waals surface area contributed by atoms with E-state index in [2.05, 4.69) is 34.6 Å². The fraction of sp³-hybridized carbons (Fsp3) is 1.00. The SMILES string of the molecule is CC(C)CCCC(C)CCCC(C)CCCC(C)CCN. The normalized spacial score (nSPS) is 16.1. The van der Waals surface area contributed by atoms with Crippen molar-refractivity contribution < 1.29 is 0 Å². The van der Waals surface area contributed by atoms with Gasteiger partial charge in [-0.3, -0.25) is 0 Å². The summed E-state index contributed by atoms with van der Waals surface area (Å²) in [4.78, 5) is 0. The van der Waals surface area contributed by atoms with Crippen LogP contribution in [0.2, 0.25) is 0 Å². The van der Waals surface area contributed by atoms with Crippen LogP contribution in [0, 0.1) is 23.7 Å². The summed E-state index contributed by atoms with van der Waals surface area (Å²) in [5, 5.41) is 0. The van der Waals surface area contributed by atoms with E-state index in [-0.39, 0.29) is 0 Å². The number of rotatable bonds is 14. The molecule has 1 nitrogen and oxygen atoms in total. The summed E-state index contributed by atoms with van der Waals surface area (Å²) in [6.07, 6.45) is 13.9. The van der Waals surface area contributed by atoms with Crippen molar-refractivity contribution in [3.05, 3.63) is 0 Å². The van der Waals surface area contributed by atoms with E-state index in [1.54, 1.807) is 0 Å². The lowest BCUT2D eigenvalue weighted by atomic mass is 9.91. The second-order valence-corrected chi connectivity index (χ2v) is 8.08. The average molecular weight is 298 g/mol.